The molecule has 21 heteroatoms. The number of carbonyl (C=O) groups is 3. The van der Waals surface area contributed by atoms with Gasteiger partial charge in [0.15, 0.2) is 43.5 Å². The third-order valence-corrected chi connectivity index (χ3v) is 16.1. The van der Waals surface area contributed by atoms with Gasteiger partial charge in [0.1, 0.15) is 61.0 Å². The lowest BCUT2D eigenvalue weighted by molar-refractivity contribution is -0.388. The molecule has 0 aliphatic carbocycles. The van der Waals surface area contributed by atoms with Crippen LogP contribution in [0.25, 0.3) is 0 Å². The Morgan fingerprint density at radius 1 is 0.551 bits per heavy atom. The lowest BCUT2D eigenvalue weighted by Gasteiger charge is -2.49. The Morgan fingerprint density at radius 2 is 1.13 bits per heavy atom. The van der Waals surface area contributed by atoms with Crippen molar-refractivity contribution < 1.29 is 102 Å². The van der Waals surface area contributed by atoms with E-state index in [1.165, 1.54) is 12.8 Å². The molecule has 0 amide bonds. The van der Waals surface area contributed by atoms with Crippen LogP contribution in [-0.4, -0.2) is 189 Å². The highest BCUT2D eigenvalue weighted by Gasteiger charge is 2.57. The van der Waals surface area contributed by atoms with Gasteiger partial charge in [-0.2, -0.15) is 0 Å². The summed E-state index contributed by atoms with van der Waals surface area (Å²) in [6.07, 6.45) is -10.1. The van der Waals surface area contributed by atoms with E-state index in [2.05, 4.69) is 13.8 Å². The van der Waals surface area contributed by atoms with Gasteiger partial charge in [-0.3, -0.25) is 14.4 Å². The van der Waals surface area contributed by atoms with E-state index in [1.54, 1.807) is 27.7 Å². The van der Waals surface area contributed by atoms with Crippen LogP contribution >= 0.6 is 0 Å². The number of aliphatic hydroxyl groups excluding tert-OH is 7. The van der Waals surface area contributed by atoms with Crippen molar-refractivity contribution in [2.75, 3.05) is 6.61 Å². The van der Waals surface area contributed by atoms with Crippen LogP contribution in [0.4, 0.5) is 0 Å². The first-order valence-electron chi connectivity index (χ1n) is 30.0. The highest BCUT2D eigenvalue weighted by molar-refractivity contribution is 5.72. The molecule has 0 aromatic heterocycles. The van der Waals surface area contributed by atoms with Crippen LogP contribution in [0.5, 0.6) is 0 Å². The molecule has 21 nitrogen and oxygen atoms in total. The molecule has 22 atom stereocenters. The Kier molecular flexibility index (Phi) is 29.4. The molecule has 454 valence electrons. The number of esters is 3. The van der Waals surface area contributed by atoms with E-state index in [-0.39, 0.29) is 18.9 Å². The fourth-order valence-electron chi connectivity index (χ4n) is 10.9. The number of rotatable bonds is 23. The molecule has 5 aliphatic heterocycles. The fourth-order valence-corrected chi connectivity index (χ4v) is 10.9. The number of hydrogen-bond donors (Lipinski definition) is 7. The molecule has 0 radical (unpaired) electrons. The molecule has 0 spiro atoms. The lowest BCUT2D eigenvalue weighted by atomic mass is 9.95. The standard InChI is InChI=1S/C57H100O21/c1-8-11-13-14-15-16-19-22-26-30-39(59)73-50-45(65)55(69-35(6)48(50)76-54-44(64)43(63)47(34(5)68-54)75-53(67)33(4)10-3)77-49-36(7)70-56-46(66)51(49)74-40(60)31-27-23-20-17-18-21-25-29-37(28-24-12-9-2)71-57-52(78-56)42(62)41(61)38(32-58)72-57/h33-38,41-52,54-58,61-66H,8-32H2,1-7H3/t33-,34-,35-,36-,37-,38+,41+,42-,43-,44+,45+,46+,47-,48-,49-,50-,51-,52+,54-,55-,56-,57+/m0/s1. The summed E-state index contributed by atoms with van der Waals surface area (Å²) in [6, 6.07) is 0. The zero-order chi connectivity index (χ0) is 56.9. The fraction of sp³-hybridized carbons (Fsp3) is 0.947. The van der Waals surface area contributed by atoms with Gasteiger partial charge < -0.3 is 87.9 Å². The molecular formula is C57H100O21. The van der Waals surface area contributed by atoms with Gasteiger partial charge >= 0.3 is 17.9 Å². The number of fused-ring (bicyclic) bond motifs is 3. The van der Waals surface area contributed by atoms with Crippen LogP contribution in [0, 0.1) is 5.92 Å². The van der Waals surface area contributed by atoms with Crippen molar-refractivity contribution in [2.24, 2.45) is 5.92 Å². The van der Waals surface area contributed by atoms with Gasteiger partial charge in [0, 0.05) is 12.8 Å². The summed E-state index contributed by atoms with van der Waals surface area (Å²) in [5.41, 5.74) is 0. The SMILES string of the molecule is CCCCCCCCCCCC(=O)O[C@H]1[C@@H](O)[C@H](O[C@@H]2[C@H]3OC(=O)CCCCCCCCC[C@H](CCCCC)O[C@@H]4O[C@H](CO)[C@@H](O)[C@H](O)[C@H]4O[C@H](O[C@H]2C)[C@@H]3O)O[C@@H](C)[C@@H]1O[C@@H]1O[C@@H](C)[C@H](OC(=O)[C@@H](C)CC)[C@@H](O)[C@H]1O. The summed E-state index contributed by atoms with van der Waals surface area (Å²) >= 11 is 0. The molecule has 78 heavy (non-hydrogen) atoms. The van der Waals surface area contributed by atoms with Gasteiger partial charge in [0.25, 0.3) is 0 Å². The smallest absolute Gasteiger partial charge is 0.309 e. The number of ether oxygens (including phenoxy) is 11. The van der Waals surface area contributed by atoms with Gasteiger partial charge in [0.05, 0.1) is 36.9 Å². The van der Waals surface area contributed by atoms with Crippen molar-refractivity contribution in [3.8, 4) is 0 Å². The summed E-state index contributed by atoms with van der Waals surface area (Å²) < 4.78 is 67.9. The van der Waals surface area contributed by atoms with Crippen LogP contribution in [0.3, 0.4) is 0 Å². The Bertz CT molecular complexity index is 1710. The van der Waals surface area contributed by atoms with Gasteiger partial charge in [0.2, 0.25) is 0 Å². The first-order valence-corrected chi connectivity index (χ1v) is 30.0. The summed E-state index contributed by atoms with van der Waals surface area (Å²) in [5, 5.41) is 79.9. The van der Waals surface area contributed by atoms with Crippen LogP contribution in [0.2, 0.25) is 0 Å². The normalized spacial score (nSPS) is 39.1. The molecule has 5 heterocycles. The van der Waals surface area contributed by atoms with Crippen LogP contribution in [-0.2, 0) is 66.5 Å². The first-order chi connectivity index (χ1) is 37.4. The average Bonchev–Trinajstić information content (AvgIpc) is 3.52. The Morgan fingerprint density at radius 3 is 1.78 bits per heavy atom. The topological polar surface area (TPSA) is 294 Å². The Labute approximate surface area is 462 Å². The molecular weight excluding hydrogens is 1020 g/mol. The highest BCUT2D eigenvalue weighted by atomic mass is 16.8. The molecule has 2 bridgehead atoms. The molecule has 0 aromatic carbocycles. The zero-order valence-electron chi connectivity index (χ0n) is 47.7. The second-order valence-electron chi connectivity index (χ2n) is 22.6. The van der Waals surface area contributed by atoms with Gasteiger partial charge in [-0.25, -0.2) is 0 Å². The zero-order valence-corrected chi connectivity index (χ0v) is 47.7. The van der Waals surface area contributed by atoms with E-state index in [0.29, 0.717) is 32.1 Å². The average molecular weight is 1120 g/mol. The third kappa shape index (κ3) is 19.5. The second-order valence-corrected chi connectivity index (χ2v) is 22.6. The van der Waals surface area contributed by atoms with Crippen molar-refractivity contribution in [1.82, 2.24) is 0 Å². The van der Waals surface area contributed by atoms with E-state index >= 15 is 0 Å². The first kappa shape index (κ1) is 66.6. The van der Waals surface area contributed by atoms with Gasteiger partial charge in [-0.05, 0) is 52.9 Å². The van der Waals surface area contributed by atoms with E-state index in [4.69, 9.17) is 52.1 Å². The van der Waals surface area contributed by atoms with Crippen LogP contribution < -0.4 is 0 Å². The van der Waals surface area contributed by atoms with Gasteiger partial charge in [-0.1, -0.05) is 137 Å². The summed E-state index contributed by atoms with van der Waals surface area (Å²) in [7, 11) is 0. The van der Waals surface area contributed by atoms with Crippen LogP contribution in [0.15, 0.2) is 0 Å². The maximum Gasteiger partial charge on any atom is 0.309 e. The maximum atomic E-state index is 13.7. The number of carbonyl (C=O) groups excluding carboxylic acids is 3. The van der Waals surface area contributed by atoms with Crippen LogP contribution in [0.1, 0.15) is 203 Å². The minimum absolute atomic E-state index is 0.00894. The summed E-state index contributed by atoms with van der Waals surface area (Å²) in [5.74, 6) is -2.37. The summed E-state index contributed by atoms with van der Waals surface area (Å²) in [4.78, 5) is 40.2. The van der Waals surface area contributed by atoms with E-state index in [9.17, 15) is 50.1 Å². The van der Waals surface area contributed by atoms with Crippen molar-refractivity contribution >= 4 is 17.9 Å². The minimum atomic E-state index is -1.83. The molecule has 5 aliphatic rings. The summed E-state index contributed by atoms with van der Waals surface area (Å²) in [6.45, 7) is 11.8. The third-order valence-electron chi connectivity index (χ3n) is 16.1. The van der Waals surface area contributed by atoms with E-state index in [0.717, 1.165) is 96.3 Å². The molecule has 5 rings (SSSR count). The van der Waals surface area contributed by atoms with Crippen molar-refractivity contribution in [1.29, 1.82) is 0 Å². The molecule has 5 fully saturated rings. The molecule has 0 saturated carbocycles. The highest BCUT2D eigenvalue weighted by Crippen LogP contribution is 2.37. The quantitative estimate of drug-likeness (QED) is 0.0380. The Hall–Kier alpha value is -2.19. The van der Waals surface area contributed by atoms with Crippen molar-refractivity contribution in [3.05, 3.63) is 0 Å². The number of aliphatic hydroxyl groups is 7. The minimum Gasteiger partial charge on any atom is -0.457 e. The Balaban J connectivity index is 1.39. The lowest BCUT2D eigenvalue weighted by Crippen LogP contribution is -2.67. The predicted molar refractivity (Wildman–Crippen MR) is 281 cm³/mol. The second kappa shape index (κ2) is 34.4. The largest absolute Gasteiger partial charge is 0.457 e. The number of hydrogen-bond acceptors (Lipinski definition) is 21. The van der Waals surface area contributed by atoms with E-state index < -0.39 is 153 Å². The molecule has 7 N–H and O–H groups in total. The maximum absolute atomic E-state index is 13.7. The molecule has 0 unspecified atom stereocenters. The van der Waals surface area contributed by atoms with Gasteiger partial charge in [-0.15, -0.1) is 0 Å². The van der Waals surface area contributed by atoms with Crippen molar-refractivity contribution in [3.63, 3.8) is 0 Å². The monoisotopic (exact) mass is 1120 g/mol. The molecule has 5 saturated heterocycles. The predicted octanol–water partition coefficient (Wildman–Crippen LogP) is 5.45. The van der Waals surface area contributed by atoms with Crippen molar-refractivity contribution in [2.45, 2.75) is 331 Å². The van der Waals surface area contributed by atoms with E-state index in [1.807, 2.05) is 6.92 Å². The molecule has 0 aromatic rings. The number of unbranched alkanes of at least 4 members (excludes halogenated alkanes) is 10.